The minimum absolute atomic E-state index is 0.153. The topological polar surface area (TPSA) is 59.3 Å². The van der Waals surface area contributed by atoms with E-state index in [1.54, 1.807) is 0 Å². The van der Waals surface area contributed by atoms with Crippen molar-refractivity contribution in [1.29, 1.82) is 5.26 Å². The summed E-state index contributed by atoms with van der Waals surface area (Å²) in [7, 11) is 0. The van der Waals surface area contributed by atoms with Gasteiger partial charge < -0.3 is 9.47 Å². The number of unbranched alkanes of at least 4 members (excludes halogenated alkanes) is 1. The molecule has 0 aromatic rings. The molecule has 0 heterocycles. The molecule has 0 aromatic heterocycles. The Bertz CT molecular complexity index is 443. The molecular weight excluding hydrogens is 266 g/mol. The van der Waals surface area contributed by atoms with E-state index in [1.165, 1.54) is 5.57 Å². The van der Waals surface area contributed by atoms with Crippen molar-refractivity contribution in [1.82, 2.24) is 0 Å². The number of carbonyl (C=O) groups excluding carboxylic acids is 1. The van der Waals surface area contributed by atoms with Gasteiger partial charge in [-0.25, -0.2) is 4.79 Å². The average molecular weight is 291 g/mol. The van der Waals surface area contributed by atoms with Crippen LogP contribution in [0.5, 0.6) is 0 Å². The Morgan fingerprint density at radius 1 is 1.33 bits per heavy atom. The largest absolute Gasteiger partial charge is 0.459 e. The predicted octanol–water partition coefficient (Wildman–Crippen LogP) is 3.69. The van der Waals surface area contributed by atoms with Gasteiger partial charge in [0.25, 0.3) is 0 Å². The van der Waals surface area contributed by atoms with E-state index in [1.807, 2.05) is 19.1 Å². The lowest BCUT2D eigenvalue weighted by atomic mass is 9.90. The number of nitrogens with zero attached hydrogens (tertiary/aromatic N) is 1. The molecule has 0 atom stereocenters. The normalized spacial score (nSPS) is 16.9. The average Bonchev–Trinajstić information content (AvgIpc) is 2.51. The van der Waals surface area contributed by atoms with Gasteiger partial charge in [-0.05, 0) is 44.6 Å². The van der Waals surface area contributed by atoms with Crippen LogP contribution >= 0.6 is 0 Å². The summed E-state index contributed by atoms with van der Waals surface area (Å²) in [6.45, 7) is 5.20. The van der Waals surface area contributed by atoms with Crippen LogP contribution in [0.3, 0.4) is 0 Å². The van der Waals surface area contributed by atoms with Crippen LogP contribution in [0.1, 0.15) is 52.4 Å². The second-order valence-electron chi connectivity index (χ2n) is 5.10. The van der Waals surface area contributed by atoms with Gasteiger partial charge in [-0.2, -0.15) is 5.26 Å². The molecule has 0 N–H and O–H groups in total. The zero-order valence-electron chi connectivity index (χ0n) is 13.1. The van der Waals surface area contributed by atoms with E-state index >= 15 is 0 Å². The molecule has 0 saturated heterocycles. The van der Waals surface area contributed by atoms with Crippen LogP contribution in [-0.2, 0) is 14.3 Å². The van der Waals surface area contributed by atoms with Gasteiger partial charge in [-0.1, -0.05) is 25.0 Å². The fourth-order valence-electron chi connectivity index (χ4n) is 2.35. The smallest absolute Gasteiger partial charge is 0.349 e. The first-order valence-electron chi connectivity index (χ1n) is 7.80. The predicted molar refractivity (Wildman–Crippen MR) is 81.6 cm³/mol. The van der Waals surface area contributed by atoms with Crippen LogP contribution in [-0.4, -0.2) is 25.8 Å². The van der Waals surface area contributed by atoms with Crippen molar-refractivity contribution < 1.29 is 14.3 Å². The van der Waals surface area contributed by atoms with Gasteiger partial charge in [-0.3, -0.25) is 0 Å². The van der Waals surface area contributed by atoms with Crippen molar-refractivity contribution in [2.45, 2.75) is 52.4 Å². The van der Waals surface area contributed by atoms with Crippen molar-refractivity contribution in [2.75, 3.05) is 19.8 Å². The third-order valence-corrected chi connectivity index (χ3v) is 3.48. The first-order chi connectivity index (χ1) is 10.2. The van der Waals surface area contributed by atoms with Crippen molar-refractivity contribution in [3.05, 3.63) is 22.8 Å². The molecule has 0 unspecified atom stereocenters. The molecule has 1 aliphatic carbocycles. The molecule has 0 radical (unpaired) electrons. The van der Waals surface area contributed by atoms with Crippen LogP contribution in [0.15, 0.2) is 22.8 Å². The van der Waals surface area contributed by atoms with Crippen LogP contribution in [0.4, 0.5) is 0 Å². The zero-order valence-corrected chi connectivity index (χ0v) is 13.1. The lowest BCUT2D eigenvalue weighted by Gasteiger charge is -2.16. The van der Waals surface area contributed by atoms with Gasteiger partial charge in [0.2, 0.25) is 0 Å². The summed E-state index contributed by atoms with van der Waals surface area (Å²) in [5.74, 6) is -0.528. The van der Waals surface area contributed by atoms with Gasteiger partial charge >= 0.3 is 5.97 Å². The fraction of sp³-hybridized carbons (Fsp3) is 0.647. The number of hydrogen-bond donors (Lipinski definition) is 0. The Morgan fingerprint density at radius 3 is 2.81 bits per heavy atom. The number of esters is 1. The Labute approximate surface area is 127 Å². The van der Waals surface area contributed by atoms with E-state index < -0.39 is 5.97 Å². The van der Waals surface area contributed by atoms with E-state index in [-0.39, 0.29) is 12.2 Å². The molecular formula is C17H25NO3. The molecule has 1 aliphatic rings. The second-order valence-corrected chi connectivity index (χ2v) is 5.10. The van der Waals surface area contributed by atoms with Gasteiger partial charge in [0, 0.05) is 6.61 Å². The third kappa shape index (κ3) is 6.14. The van der Waals surface area contributed by atoms with E-state index in [9.17, 15) is 10.1 Å². The monoisotopic (exact) mass is 291 g/mol. The molecule has 0 aliphatic heterocycles. The maximum atomic E-state index is 12.0. The Kier molecular flexibility index (Phi) is 8.45. The lowest BCUT2D eigenvalue weighted by Crippen LogP contribution is -2.14. The van der Waals surface area contributed by atoms with E-state index in [4.69, 9.17) is 9.47 Å². The van der Waals surface area contributed by atoms with E-state index in [0.29, 0.717) is 13.2 Å². The Hall–Kier alpha value is -1.60. The summed E-state index contributed by atoms with van der Waals surface area (Å²) in [6.07, 6.45) is 8.24. The molecule has 0 spiro atoms. The number of allylic oxidation sites excluding steroid dienone is 3. The van der Waals surface area contributed by atoms with Gasteiger partial charge in [0.15, 0.2) is 0 Å². The molecule has 0 amide bonds. The van der Waals surface area contributed by atoms with Gasteiger partial charge in [0.1, 0.15) is 18.2 Å². The third-order valence-electron chi connectivity index (χ3n) is 3.48. The Balaban J connectivity index is 2.71. The zero-order chi connectivity index (χ0) is 15.5. The van der Waals surface area contributed by atoms with E-state index in [0.717, 1.165) is 44.1 Å². The molecule has 21 heavy (non-hydrogen) atoms. The summed E-state index contributed by atoms with van der Waals surface area (Å²) in [5, 5.41) is 9.24. The first-order valence-corrected chi connectivity index (χ1v) is 7.80. The van der Waals surface area contributed by atoms with Crippen molar-refractivity contribution in [3.8, 4) is 6.07 Å². The van der Waals surface area contributed by atoms with Crippen LogP contribution < -0.4 is 0 Å². The number of carbonyl (C=O) groups is 1. The highest BCUT2D eigenvalue weighted by molar-refractivity contribution is 5.94. The van der Waals surface area contributed by atoms with Crippen molar-refractivity contribution >= 4 is 5.97 Å². The molecule has 0 aromatic carbocycles. The van der Waals surface area contributed by atoms with Gasteiger partial charge in [-0.15, -0.1) is 0 Å². The van der Waals surface area contributed by atoms with Crippen molar-refractivity contribution in [3.63, 3.8) is 0 Å². The molecule has 116 valence electrons. The van der Waals surface area contributed by atoms with Crippen LogP contribution in [0.2, 0.25) is 0 Å². The standard InChI is InChI=1S/C17H25NO3/c1-3-5-7-14-8-6-9-15(12-14)16(13-18)17(19)21-11-10-20-4-2/h12H,3-11H2,1-2H3/b16-15-. The highest BCUT2D eigenvalue weighted by atomic mass is 16.6. The molecule has 0 bridgehead atoms. The number of ether oxygens (including phenoxy) is 2. The first kappa shape index (κ1) is 17.5. The molecule has 1 rings (SSSR count). The maximum absolute atomic E-state index is 12.0. The van der Waals surface area contributed by atoms with E-state index in [2.05, 4.69) is 6.92 Å². The maximum Gasteiger partial charge on any atom is 0.349 e. The molecule has 0 saturated carbocycles. The summed E-state index contributed by atoms with van der Waals surface area (Å²) in [5.41, 5.74) is 2.32. The van der Waals surface area contributed by atoms with Crippen LogP contribution in [0, 0.1) is 11.3 Å². The quantitative estimate of drug-likeness (QED) is 0.296. The minimum Gasteiger partial charge on any atom is -0.459 e. The Morgan fingerprint density at radius 2 is 2.14 bits per heavy atom. The number of rotatable bonds is 8. The highest BCUT2D eigenvalue weighted by Crippen LogP contribution is 2.28. The molecule has 4 nitrogen and oxygen atoms in total. The second kappa shape index (κ2) is 10.2. The summed E-state index contributed by atoms with van der Waals surface area (Å²) in [4.78, 5) is 12.0. The minimum atomic E-state index is -0.528. The summed E-state index contributed by atoms with van der Waals surface area (Å²) in [6, 6.07) is 2.01. The summed E-state index contributed by atoms with van der Waals surface area (Å²) < 4.78 is 10.2. The molecule has 4 heteroatoms. The number of nitriles is 1. The lowest BCUT2D eigenvalue weighted by molar-refractivity contribution is -0.140. The fourth-order valence-corrected chi connectivity index (χ4v) is 2.35. The number of hydrogen-bond acceptors (Lipinski definition) is 4. The van der Waals surface area contributed by atoms with Gasteiger partial charge in [0.05, 0.1) is 6.61 Å². The summed E-state index contributed by atoms with van der Waals surface area (Å²) >= 11 is 0. The van der Waals surface area contributed by atoms with Crippen LogP contribution in [0.25, 0.3) is 0 Å². The SMILES string of the molecule is CCCCC1=C/C(=C(/C#N)C(=O)OCCOCC)CCC1. The molecule has 0 fully saturated rings. The van der Waals surface area contributed by atoms with Crippen molar-refractivity contribution in [2.24, 2.45) is 0 Å². The highest BCUT2D eigenvalue weighted by Gasteiger charge is 2.18.